The van der Waals surface area contributed by atoms with Crippen molar-refractivity contribution in [1.82, 2.24) is 24.4 Å². The molecule has 0 aliphatic rings. The first-order valence-corrected chi connectivity index (χ1v) is 15.6. The fourth-order valence-corrected chi connectivity index (χ4v) is 5.84. The summed E-state index contributed by atoms with van der Waals surface area (Å²) in [5.74, 6) is 2.36. The smallest absolute Gasteiger partial charge is 0.291 e. The lowest BCUT2D eigenvalue weighted by atomic mass is 10.1. The van der Waals surface area contributed by atoms with Crippen molar-refractivity contribution in [1.29, 1.82) is 0 Å². The topological polar surface area (TPSA) is 92.8 Å². The number of thiazole rings is 1. The Balaban J connectivity index is 1.35. The lowest BCUT2D eigenvalue weighted by Gasteiger charge is -2.09. The van der Waals surface area contributed by atoms with Crippen molar-refractivity contribution >= 4 is 46.1 Å². The molecule has 0 amide bonds. The number of nitrogens with zero attached hydrogens (tertiary/aromatic N) is 5. The molecule has 11 heteroatoms. The number of ether oxygens (including phenoxy) is 3. The Bertz CT molecular complexity index is 2100. The van der Waals surface area contributed by atoms with Gasteiger partial charge in [0.15, 0.2) is 17.3 Å². The summed E-state index contributed by atoms with van der Waals surface area (Å²) in [5.41, 5.74) is 3.75. The van der Waals surface area contributed by atoms with Gasteiger partial charge in [0.1, 0.15) is 11.4 Å². The maximum absolute atomic E-state index is 13.4. The molecule has 0 radical (unpaired) electrons. The molecule has 3 aromatic heterocycles. The quantitative estimate of drug-likeness (QED) is 0.158. The van der Waals surface area contributed by atoms with Gasteiger partial charge in [-0.25, -0.2) is 4.68 Å². The van der Waals surface area contributed by atoms with Gasteiger partial charge >= 0.3 is 0 Å². The number of fused-ring (bicyclic) bond motifs is 1. The summed E-state index contributed by atoms with van der Waals surface area (Å²) < 4.78 is 20.4. The Kier molecular flexibility index (Phi) is 8.95. The van der Waals surface area contributed by atoms with E-state index in [1.165, 1.54) is 15.9 Å². The van der Waals surface area contributed by atoms with Crippen LogP contribution in [0.1, 0.15) is 37.2 Å². The van der Waals surface area contributed by atoms with Crippen LogP contribution >= 0.6 is 22.9 Å². The highest BCUT2D eigenvalue weighted by atomic mass is 35.5. The molecule has 0 unspecified atom stereocenters. The zero-order valence-corrected chi connectivity index (χ0v) is 26.5. The van der Waals surface area contributed by atoms with Crippen molar-refractivity contribution in [2.24, 2.45) is 0 Å². The third kappa shape index (κ3) is 6.47. The minimum atomic E-state index is -0.260. The van der Waals surface area contributed by atoms with Crippen LogP contribution in [0.4, 0.5) is 0 Å². The molecule has 0 aliphatic heterocycles. The summed E-state index contributed by atoms with van der Waals surface area (Å²) in [6.07, 6.45) is 8.22. The summed E-state index contributed by atoms with van der Waals surface area (Å²) in [4.78, 5) is 18.5. The van der Waals surface area contributed by atoms with Gasteiger partial charge in [0.2, 0.25) is 4.96 Å². The zero-order chi connectivity index (χ0) is 31.3. The fourth-order valence-electron chi connectivity index (χ4n) is 4.70. The van der Waals surface area contributed by atoms with Crippen LogP contribution in [0.25, 0.3) is 40.1 Å². The van der Waals surface area contributed by atoms with Gasteiger partial charge in [0.25, 0.3) is 5.56 Å². The number of benzene rings is 3. The van der Waals surface area contributed by atoms with Crippen molar-refractivity contribution < 1.29 is 14.2 Å². The first-order chi connectivity index (χ1) is 22.0. The number of para-hydroxylation sites is 1. The van der Waals surface area contributed by atoms with E-state index < -0.39 is 0 Å². The van der Waals surface area contributed by atoms with Crippen LogP contribution in [-0.2, 0) is 0 Å². The summed E-state index contributed by atoms with van der Waals surface area (Å²) in [6.45, 7) is 5.09. The number of hydrogen-bond donors (Lipinski definition) is 0. The average molecular weight is 640 g/mol. The second kappa shape index (κ2) is 13.4. The SMILES string of the molecule is CCCOc1ccc(-c2nn(-c3ccccc3)cc2/C=c2\sc3nc(/C=C/c4ccc(OCC)c(OC)c4)nn3c2=O)cc1Cl. The number of halogens is 1. The molecule has 0 N–H and O–H groups in total. The van der Waals surface area contributed by atoms with E-state index in [1.54, 1.807) is 17.9 Å². The van der Waals surface area contributed by atoms with Crippen molar-refractivity contribution in [2.75, 3.05) is 20.3 Å². The molecule has 3 aromatic carbocycles. The molecular formula is C34H30ClN5O4S. The van der Waals surface area contributed by atoms with Gasteiger partial charge in [0, 0.05) is 17.3 Å². The molecule has 6 aromatic rings. The van der Waals surface area contributed by atoms with Gasteiger partial charge in [0.05, 0.1) is 35.6 Å². The summed E-state index contributed by atoms with van der Waals surface area (Å²) in [6, 6.07) is 21.0. The van der Waals surface area contributed by atoms with E-state index in [1.807, 2.05) is 98.9 Å². The van der Waals surface area contributed by atoms with E-state index in [0.29, 0.717) is 56.5 Å². The van der Waals surface area contributed by atoms with Crippen molar-refractivity contribution in [3.05, 3.63) is 110 Å². The van der Waals surface area contributed by atoms with E-state index in [0.717, 1.165) is 28.8 Å². The number of aromatic nitrogens is 5. The van der Waals surface area contributed by atoms with Gasteiger partial charge in [-0.05, 0) is 73.5 Å². The predicted molar refractivity (Wildman–Crippen MR) is 179 cm³/mol. The molecule has 228 valence electrons. The van der Waals surface area contributed by atoms with Crippen LogP contribution in [0.2, 0.25) is 5.02 Å². The van der Waals surface area contributed by atoms with E-state index in [4.69, 9.17) is 30.9 Å². The Morgan fingerprint density at radius 2 is 1.76 bits per heavy atom. The van der Waals surface area contributed by atoms with Crippen LogP contribution in [0.15, 0.2) is 77.7 Å². The molecule has 3 heterocycles. The van der Waals surface area contributed by atoms with Crippen LogP contribution in [0.3, 0.4) is 0 Å². The number of hydrogen-bond acceptors (Lipinski definition) is 8. The molecular weight excluding hydrogens is 610 g/mol. The van der Waals surface area contributed by atoms with Gasteiger partial charge in [-0.15, -0.1) is 5.10 Å². The van der Waals surface area contributed by atoms with Gasteiger partial charge in [-0.1, -0.05) is 60.2 Å². The highest BCUT2D eigenvalue weighted by Crippen LogP contribution is 2.32. The van der Waals surface area contributed by atoms with Gasteiger partial charge in [-0.3, -0.25) is 4.79 Å². The predicted octanol–water partition coefficient (Wildman–Crippen LogP) is 6.57. The van der Waals surface area contributed by atoms with Crippen molar-refractivity contribution in [2.45, 2.75) is 20.3 Å². The molecule has 0 aliphatic carbocycles. The Morgan fingerprint density at radius 3 is 2.49 bits per heavy atom. The maximum atomic E-state index is 13.4. The largest absolute Gasteiger partial charge is 0.493 e. The molecule has 9 nitrogen and oxygen atoms in total. The number of rotatable bonds is 11. The van der Waals surface area contributed by atoms with E-state index >= 15 is 0 Å². The van der Waals surface area contributed by atoms with Crippen LogP contribution in [0, 0.1) is 0 Å². The van der Waals surface area contributed by atoms with E-state index in [2.05, 4.69) is 10.1 Å². The molecule has 45 heavy (non-hydrogen) atoms. The van der Waals surface area contributed by atoms with Crippen molar-refractivity contribution in [3.63, 3.8) is 0 Å². The monoisotopic (exact) mass is 639 g/mol. The van der Waals surface area contributed by atoms with Gasteiger partial charge in [-0.2, -0.15) is 14.6 Å². The first kappa shape index (κ1) is 30.1. The second-order valence-corrected chi connectivity index (χ2v) is 11.4. The summed E-state index contributed by atoms with van der Waals surface area (Å²) in [5, 5.41) is 9.81. The number of methoxy groups -OCH3 is 1. The first-order valence-electron chi connectivity index (χ1n) is 14.5. The molecule has 0 atom stereocenters. The Morgan fingerprint density at radius 1 is 0.933 bits per heavy atom. The molecule has 0 bridgehead atoms. The fraction of sp³-hybridized carbons (Fsp3) is 0.176. The average Bonchev–Trinajstić information content (AvgIpc) is 3.75. The zero-order valence-electron chi connectivity index (χ0n) is 24.9. The van der Waals surface area contributed by atoms with E-state index in [-0.39, 0.29) is 5.56 Å². The van der Waals surface area contributed by atoms with Crippen LogP contribution in [0.5, 0.6) is 17.2 Å². The third-order valence-corrected chi connectivity index (χ3v) is 8.08. The lowest BCUT2D eigenvalue weighted by Crippen LogP contribution is -2.23. The highest BCUT2D eigenvalue weighted by Gasteiger charge is 2.15. The molecule has 0 fully saturated rings. The Hall–Kier alpha value is -4.93. The normalized spacial score (nSPS) is 12.0. The molecule has 0 spiro atoms. The van der Waals surface area contributed by atoms with Crippen LogP contribution in [-0.4, -0.2) is 44.7 Å². The van der Waals surface area contributed by atoms with Crippen molar-refractivity contribution in [3.8, 4) is 34.2 Å². The highest BCUT2D eigenvalue weighted by molar-refractivity contribution is 7.15. The molecule has 6 rings (SSSR count). The lowest BCUT2D eigenvalue weighted by molar-refractivity contribution is 0.311. The van der Waals surface area contributed by atoms with Gasteiger partial charge < -0.3 is 14.2 Å². The van der Waals surface area contributed by atoms with Crippen LogP contribution < -0.4 is 24.3 Å². The summed E-state index contributed by atoms with van der Waals surface area (Å²) >= 11 is 7.84. The third-order valence-electron chi connectivity index (χ3n) is 6.83. The molecule has 0 saturated carbocycles. The standard InChI is InChI=1S/C34H30ClN5O4S/c1-4-17-44-27-15-13-23(19-26(27)35)32-24(21-39(38-32)25-9-7-6-8-10-25)20-30-33(41)40-34(45-30)36-31(37-40)16-12-22-11-14-28(43-5-2)29(18-22)42-3/h6-16,18-21H,4-5,17H2,1-3H3/b16-12+,30-20-. The summed E-state index contributed by atoms with van der Waals surface area (Å²) in [7, 11) is 1.60. The minimum absolute atomic E-state index is 0.260. The van der Waals surface area contributed by atoms with E-state index in [9.17, 15) is 4.79 Å². The minimum Gasteiger partial charge on any atom is -0.493 e. The Labute approximate surface area is 268 Å². The molecule has 0 saturated heterocycles. The maximum Gasteiger partial charge on any atom is 0.291 e. The second-order valence-electron chi connectivity index (χ2n) is 9.96.